The Kier molecular flexibility index (Phi) is 12.1. The van der Waals surface area contributed by atoms with Crippen LogP contribution in [0.1, 0.15) is 34.6 Å². The maximum absolute atomic E-state index is 3.11. The highest BCUT2D eigenvalue weighted by Crippen LogP contribution is 2.15. The van der Waals surface area contributed by atoms with Gasteiger partial charge in [0.25, 0.3) is 0 Å². The summed E-state index contributed by atoms with van der Waals surface area (Å²) in [6.45, 7) is 10.4. The van der Waals surface area contributed by atoms with Crippen LogP contribution in [0.5, 0.6) is 0 Å². The molecule has 0 aromatic rings. The van der Waals surface area contributed by atoms with Crippen LogP contribution in [0.25, 0.3) is 0 Å². The molecule has 0 amide bonds. The van der Waals surface area contributed by atoms with Crippen LogP contribution in [0.2, 0.25) is 0 Å². The number of hydrogen-bond donors (Lipinski definition) is 1. The summed E-state index contributed by atoms with van der Waals surface area (Å²) in [5.41, 5.74) is 1.28. The number of rotatable bonds is 3. The highest BCUT2D eigenvalue weighted by Gasteiger charge is 1.91. The SMILES string of the molecule is CC.CCS/C(C)=C(/C)NC. The molecule has 0 rings (SSSR count). The third kappa shape index (κ3) is 7.79. The number of allylic oxidation sites excluding steroid dienone is 2. The monoisotopic (exact) mass is 175 g/mol. The van der Waals surface area contributed by atoms with E-state index in [4.69, 9.17) is 0 Å². The summed E-state index contributed by atoms with van der Waals surface area (Å²) in [4.78, 5) is 1.39. The van der Waals surface area contributed by atoms with Gasteiger partial charge in [-0.05, 0) is 19.6 Å². The van der Waals surface area contributed by atoms with Crippen LogP contribution < -0.4 is 5.32 Å². The third-order valence-corrected chi connectivity index (χ3v) is 2.29. The van der Waals surface area contributed by atoms with Crippen molar-refractivity contribution in [1.29, 1.82) is 0 Å². The molecule has 0 saturated heterocycles. The summed E-state index contributed by atoms with van der Waals surface area (Å²) in [5, 5.41) is 3.11. The molecule has 0 saturated carbocycles. The molecule has 0 aromatic heterocycles. The van der Waals surface area contributed by atoms with E-state index in [-0.39, 0.29) is 0 Å². The van der Waals surface area contributed by atoms with Crippen molar-refractivity contribution in [2.75, 3.05) is 12.8 Å². The Balaban J connectivity index is 0. The van der Waals surface area contributed by atoms with Crippen molar-refractivity contribution in [3.8, 4) is 0 Å². The predicted molar refractivity (Wildman–Crippen MR) is 56.9 cm³/mol. The van der Waals surface area contributed by atoms with Gasteiger partial charge in [-0.3, -0.25) is 0 Å². The second-order valence-corrected chi connectivity index (χ2v) is 3.34. The maximum Gasteiger partial charge on any atom is 0.0166 e. The van der Waals surface area contributed by atoms with Crippen molar-refractivity contribution in [3.05, 3.63) is 10.6 Å². The fraction of sp³-hybridized carbons (Fsp3) is 0.778. The molecule has 68 valence electrons. The first kappa shape index (κ1) is 13.5. The lowest BCUT2D eigenvalue weighted by Crippen LogP contribution is -2.02. The Morgan fingerprint density at radius 3 is 2.00 bits per heavy atom. The second kappa shape index (κ2) is 9.89. The molecule has 0 heterocycles. The first-order chi connectivity index (χ1) is 5.22. The summed E-state index contributed by atoms with van der Waals surface area (Å²) in [5.74, 6) is 1.16. The first-order valence-corrected chi connectivity index (χ1v) is 5.19. The van der Waals surface area contributed by atoms with Gasteiger partial charge in [-0.2, -0.15) is 0 Å². The molecule has 0 aliphatic carbocycles. The molecular weight excluding hydrogens is 154 g/mol. The molecule has 0 aromatic carbocycles. The molecule has 2 heteroatoms. The van der Waals surface area contributed by atoms with E-state index < -0.39 is 0 Å². The average molecular weight is 175 g/mol. The van der Waals surface area contributed by atoms with Gasteiger partial charge in [0.05, 0.1) is 0 Å². The van der Waals surface area contributed by atoms with Crippen molar-refractivity contribution >= 4 is 11.8 Å². The van der Waals surface area contributed by atoms with Crippen molar-refractivity contribution in [2.45, 2.75) is 34.6 Å². The van der Waals surface area contributed by atoms with Crippen molar-refractivity contribution < 1.29 is 0 Å². The zero-order valence-electron chi connectivity index (χ0n) is 8.62. The minimum atomic E-state index is 1.16. The molecule has 11 heavy (non-hydrogen) atoms. The Bertz CT molecular complexity index is 108. The molecule has 1 nitrogen and oxygen atoms in total. The van der Waals surface area contributed by atoms with Gasteiger partial charge in [0.1, 0.15) is 0 Å². The van der Waals surface area contributed by atoms with Gasteiger partial charge in [0.15, 0.2) is 0 Å². The molecule has 0 aliphatic rings. The average Bonchev–Trinajstić information content (AvgIpc) is 2.07. The highest BCUT2D eigenvalue weighted by atomic mass is 32.2. The van der Waals surface area contributed by atoms with Crippen LogP contribution in [-0.4, -0.2) is 12.8 Å². The van der Waals surface area contributed by atoms with Crippen LogP contribution in [0, 0.1) is 0 Å². The van der Waals surface area contributed by atoms with E-state index in [2.05, 4.69) is 26.1 Å². The number of nitrogens with one attached hydrogen (secondary N) is 1. The fourth-order valence-electron chi connectivity index (χ4n) is 0.501. The molecule has 0 aliphatic heterocycles. The zero-order chi connectivity index (χ0) is 9.28. The molecule has 0 radical (unpaired) electrons. The van der Waals surface area contributed by atoms with E-state index in [9.17, 15) is 0 Å². The van der Waals surface area contributed by atoms with Gasteiger partial charge in [-0.25, -0.2) is 0 Å². The lowest BCUT2D eigenvalue weighted by Gasteiger charge is -2.03. The van der Waals surface area contributed by atoms with Crippen molar-refractivity contribution in [1.82, 2.24) is 5.32 Å². The van der Waals surface area contributed by atoms with Crippen LogP contribution >= 0.6 is 11.8 Å². The first-order valence-electron chi connectivity index (χ1n) is 4.20. The normalized spacial score (nSPS) is 11.1. The van der Waals surface area contributed by atoms with Crippen LogP contribution in [0.15, 0.2) is 10.6 Å². The van der Waals surface area contributed by atoms with Crippen LogP contribution in [-0.2, 0) is 0 Å². The molecule has 1 N–H and O–H groups in total. The lowest BCUT2D eigenvalue weighted by atomic mass is 10.5. The van der Waals surface area contributed by atoms with Gasteiger partial charge in [0.2, 0.25) is 0 Å². The molecule has 0 atom stereocenters. The standard InChI is InChI=1S/C7H15NS.C2H6/c1-5-9-7(3)6(2)8-4;1-2/h8H,5H2,1-4H3;1-2H3/b7-6-;. The van der Waals surface area contributed by atoms with Crippen molar-refractivity contribution in [3.63, 3.8) is 0 Å². The van der Waals surface area contributed by atoms with Crippen LogP contribution in [0.3, 0.4) is 0 Å². The van der Waals surface area contributed by atoms with Gasteiger partial charge < -0.3 is 5.32 Å². The summed E-state index contributed by atoms with van der Waals surface area (Å²) in [6, 6.07) is 0. The molecular formula is C9H21NS. The van der Waals surface area contributed by atoms with Crippen molar-refractivity contribution in [2.24, 2.45) is 0 Å². The van der Waals surface area contributed by atoms with Crippen LogP contribution in [0.4, 0.5) is 0 Å². The largest absolute Gasteiger partial charge is 0.391 e. The summed E-state index contributed by atoms with van der Waals surface area (Å²) in [6.07, 6.45) is 0. The van der Waals surface area contributed by atoms with E-state index in [0.29, 0.717) is 0 Å². The smallest absolute Gasteiger partial charge is 0.0166 e. The van der Waals surface area contributed by atoms with E-state index >= 15 is 0 Å². The van der Waals surface area contributed by atoms with E-state index in [1.165, 1.54) is 10.6 Å². The quantitative estimate of drug-likeness (QED) is 0.706. The van der Waals surface area contributed by atoms with Gasteiger partial charge in [-0.1, -0.05) is 20.8 Å². The zero-order valence-corrected chi connectivity index (χ0v) is 9.43. The number of hydrogen-bond acceptors (Lipinski definition) is 2. The summed E-state index contributed by atoms with van der Waals surface area (Å²) >= 11 is 1.88. The fourth-order valence-corrected chi connectivity index (χ4v) is 1.25. The highest BCUT2D eigenvalue weighted by molar-refractivity contribution is 8.03. The lowest BCUT2D eigenvalue weighted by molar-refractivity contribution is 0.979. The Morgan fingerprint density at radius 1 is 1.27 bits per heavy atom. The third-order valence-electron chi connectivity index (χ3n) is 1.26. The topological polar surface area (TPSA) is 12.0 Å². The molecule has 0 fully saturated rings. The maximum atomic E-state index is 3.11. The van der Waals surface area contributed by atoms with Gasteiger partial charge >= 0.3 is 0 Å². The predicted octanol–water partition coefficient (Wildman–Crippen LogP) is 3.24. The minimum Gasteiger partial charge on any atom is -0.391 e. The minimum absolute atomic E-state index is 1.16. The molecule has 0 spiro atoms. The Morgan fingerprint density at radius 2 is 1.73 bits per heavy atom. The second-order valence-electron chi connectivity index (χ2n) is 1.86. The summed E-state index contributed by atoms with van der Waals surface area (Å²) in [7, 11) is 1.95. The van der Waals surface area contributed by atoms with Gasteiger partial charge in [0, 0.05) is 17.6 Å². The van der Waals surface area contributed by atoms with E-state index in [1.54, 1.807) is 0 Å². The van der Waals surface area contributed by atoms with Gasteiger partial charge in [-0.15, -0.1) is 11.8 Å². The molecule has 0 bridgehead atoms. The number of thioether (sulfide) groups is 1. The Labute approximate surface area is 75.6 Å². The van der Waals surface area contributed by atoms with E-state index in [0.717, 1.165) is 5.75 Å². The van der Waals surface area contributed by atoms with E-state index in [1.807, 2.05) is 32.7 Å². The Hall–Kier alpha value is -0.110. The molecule has 0 unspecified atom stereocenters. The summed E-state index contributed by atoms with van der Waals surface area (Å²) < 4.78 is 0.